The molecule has 1 nitrogen and oxygen atoms in total. The van der Waals surface area contributed by atoms with Crippen molar-refractivity contribution in [3.8, 4) is 0 Å². The Morgan fingerprint density at radius 3 is 0.636 bits per heavy atom. The van der Waals surface area contributed by atoms with Crippen molar-refractivity contribution in [2.45, 2.75) is 148 Å². The summed E-state index contributed by atoms with van der Waals surface area (Å²) in [5, 5.41) is 0. The molecule has 0 amide bonds. The standard InChI is InChI=1S/6C5H11.O.2Sn/c6*1-4-5(2)3;;;/h6*5H,2,4H2,1,3H3;;;. The van der Waals surface area contributed by atoms with Gasteiger partial charge in [0, 0.05) is 0 Å². The summed E-state index contributed by atoms with van der Waals surface area (Å²) >= 11 is -5.63. The van der Waals surface area contributed by atoms with Gasteiger partial charge in [-0.15, -0.1) is 0 Å². The van der Waals surface area contributed by atoms with Crippen LogP contribution in [0, 0.1) is 35.5 Å². The molecular formula is C30H66OSn2. The Labute approximate surface area is 221 Å². The van der Waals surface area contributed by atoms with E-state index >= 15 is 0 Å². The molecule has 0 bridgehead atoms. The molecule has 0 aromatic carbocycles. The van der Waals surface area contributed by atoms with E-state index in [1.54, 1.807) is 0 Å². The molecule has 0 aromatic heterocycles. The Hall–Kier alpha value is 1.56. The van der Waals surface area contributed by atoms with Crippen LogP contribution in [-0.2, 0) is 1.41 Å². The summed E-state index contributed by atoms with van der Waals surface area (Å²) in [4.78, 5) is 0. The average Bonchev–Trinajstić information content (AvgIpc) is 2.77. The van der Waals surface area contributed by atoms with Crippen molar-refractivity contribution in [3.63, 3.8) is 0 Å². The van der Waals surface area contributed by atoms with Crippen molar-refractivity contribution in [2.24, 2.45) is 35.5 Å². The first kappa shape index (κ1) is 34.6. The first-order valence-electron chi connectivity index (χ1n) is 15.1. The van der Waals surface area contributed by atoms with Crippen LogP contribution in [0.3, 0.4) is 0 Å². The summed E-state index contributed by atoms with van der Waals surface area (Å²) in [6, 6.07) is 0. The van der Waals surface area contributed by atoms with Gasteiger partial charge >= 0.3 is 223 Å². The second kappa shape index (κ2) is 17.9. The van der Waals surface area contributed by atoms with Gasteiger partial charge in [0.1, 0.15) is 0 Å². The third kappa shape index (κ3) is 13.6. The summed E-state index contributed by atoms with van der Waals surface area (Å²) in [5.41, 5.74) is 0. The minimum atomic E-state index is -2.82. The van der Waals surface area contributed by atoms with Crippen LogP contribution in [0.25, 0.3) is 0 Å². The molecular weight excluding hydrogens is 614 g/mol. The molecule has 6 atom stereocenters. The van der Waals surface area contributed by atoms with Crippen molar-refractivity contribution in [2.75, 3.05) is 0 Å². The molecule has 0 fully saturated rings. The molecule has 0 N–H and O–H groups in total. The molecule has 3 heteroatoms. The predicted octanol–water partition coefficient (Wildman–Crippen LogP) is 11.2. The number of hydrogen-bond donors (Lipinski definition) is 0. The van der Waals surface area contributed by atoms with Gasteiger partial charge in [-0.1, -0.05) is 0 Å². The zero-order chi connectivity index (χ0) is 25.7. The van der Waals surface area contributed by atoms with E-state index in [-0.39, 0.29) is 0 Å². The maximum atomic E-state index is 8.28. The van der Waals surface area contributed by atoms with Gasteiger partial charge in [-0.2, -0.15) is 0 Å². The summed E-state index contributed by atoms with van der Waals surface area (Å²) in [6.45, 7) is 29.7. The molecule has 0 radical (unpaired) electrons. The first-order valence-corrected chi connectivity index (χ1v) is 29.6. The third-order valence-corrected chi connectivity index (χ3v) is 52.7. The van der Waals surface area contributed by atoms with E-state index in [9.17, 15) is 0 Å². The SMILES string of the molecule is CCC(C)[CH2][Sn]([CH2]C(C)CC)([CH2]C(C)CC)[O][Sn]([CH2]C(C)CC)([CH2]C(C)CC)[CH2]C(C)CC. The van der Waals surface area contributed by atoms with E-state index in [1.807, 2.05) is 0 Å². The molecule has 0 spiro atoms. The van der Waals surface area contributed by atoms with Gasteiger partial charge in [-0.25, -0.2) is 0 Å². The molecule has 6 unspecified atom stereocenters. The van der Waals surface area contributed by atoms with Gasteiger partial charge < -0.3 is 0 Å². The van der Waals surface area contributed by atoms with Gasteiger partial charge in [0.25, 0.3) is 0 Å². The predicted molar refractivity (Wildman–Crippen MR) is 158 cm³/mol. The average molecular weight is 680 g/mol. The van der Waals surface area contributed by atoms with Crippen molar-refractivity contribution in [1.29, 1.82) is 0 Å². The van der Waals surface area contributed by atoms with E-state index in [4.69, 9.17) is 1.41 Å². The molecule has 0 aliphatic heterocycles. The van der Waals surface area contributed by atoms with Crippen LogP contribution >= 0.6 is 0 Å². The Bertz CT molecular complexity index is 375. The van der Waals surface area contributed by atoms with Crippen molar-refractivity contribution < 1.29 is 1.41 Å². The zero-order valence-corrected chi connectivity index (χ0v) is 31.1. The molecule has 0 saturated carbocycles. The number of hydrogen-bond acceptors (Lipinski definition) is 1. The summed E-state index contributed by atoms with van der Waals surface area (Å²) in [7, 11) is 0. The van der Waals surface area contributed by atoms with Crippen LogP contribution in [0.1, 0.15) is 122 Å². The summed E-state index contributed by atoms with van der Waals surface area (Å²) < 4.78 is 17.2. The van der Waals surface area contributed by atoms with Crippen molar-refractivity contribution >= 4 is 37.6 Å². The topological polar surface area (TPSA) is 9.23 Å². The Morgan fingerprint density at radius 1 is 0.364 bits per heavy atom. The Kier molecular flexibility index (Phi) is 18.8. The molecule has 0 aliphatic rings. The van der Waals surface area contributed by atoms with Crippen LogP contribution in [0.15, 0.2) is 0 Å². The summed E-state index contributed by atoms with van der Waals surface area (Å²) in [6.07, 6.45) is 7.96. The van der Waals surface area contributed by atoms with Crippen molar-refractivity contribution in [1.82, 2.24) is 0 Å². The van der Waals surface area contributed by atoms with Crippen molar-refractivity contribution in [3.05, 3.63) is 0 Å². The molecule has 0 heterocycles. The van der Waals surface area contributed by atoms with Crippen LogP contribution in [0.5, 0.6) is 0 Å². The fraction of sp³-hybridized carbons (Fsp3) is 1.00. The zero-order valence-electron chi connectivity index (χ0n) is 25.4. The molecule has 0 aromatic rings. The van der Waals surface area contributed by atoms with E-state index in [0.29, 0.717) is 0 Å². The maximum absolute atomic E-state index is 8.28. The Morgan fingerprint density at radius 2 is 0.515 bits per heavy atom. The molecule has 200 valence electrons. The molecule has 0 rings (SSSR count). The number of rotatable bonds is 20. The van der Waals surface area contributed by atoms with E-state index in [1.165, 1.54) is 65.1 Å². The molecule has 33 heavy (non-hydrogen) atoms. The van der Waals surface area contributed by atoms with Gasteiger partial charge in [0.05, 0.1) is 0 Å². The molecule has 0 aliphatic carbocycles. The summed E-state index contributed by atoms with van der Waals surface area (Å²) in [5.74, 6) is 5.05. The van der Waals surface area contributed by atoms with Gasteiger partial charge in [-0.05, 0) is 0 Å². The van der Waals surface area contributed by atoms with E-state index in [2.05, 4.69) is 83.1 Å². The monoisotopic (exact) mass is 682 g/mol. The van der Waals surface area contributed by atoms with Gasteiger partial charge in [0.15, 0.2) is 0 Å². The third-order valence-electron chi connectivity index (χ3n) is 8.94. The quantitative estimate of drug-likeness (QED) is 0.116. The fourth-order valence-corrected chi connectivity index (χ4v) is 66.6. The van der Waals surface area contributed by atoms with Crippen LogP contribution < -0.4 is 0 Å². The second-order valence-electron chi connectivity index (χ2n) is 12.8. The minimum absolute atomic E-state index is 0.841. The fourth-order valence-electron chi connectivity index (χ4n) is 5.89. The van der Waals surface area contributed by atoms with Gasteiger partial charge in [0.2, 0.25) is 0 Å². The van der Waals surface area contributed by atoms with E-state index < -0.39 is 37.6 Å². The Balaban J connectivity index is 6.63. The van der Waals surface area contributed by atoms with Gasteiger partial charge in [-0.3, -0.25) is 0 Å². The van der Waals surface area contributed by atoms with E-state index in [0.717, 1.165) is 35.5 Å². The normalized spacial score (nSPS) is 21.5. The van der Waals surface area contributed by atoms with Crippen LogP contribution in [0.2, 0.25) is 26.6 Å². The van der Waals surface area contributed by atoms with Crippen LogP contribution in [0.4, 0.5) is 0 Å². The van der Waals surface area contributed by atoms with Crippen LogP contribution in [-0.4, -0.2) is 37.6 Å². The molecule has 0 saturated heterocycles. The second-order valence-corrected chi connectivity index (χ2v) is 37.8. The first-order chi connectivity index (χ1) is 15.4.